The number of nitrogens with one attached hydrogen (secondary N) is 1. The van der Waals surface area contributed by atoms with E-state index in [2.05, 4.69) is 17.2 Å². The number of thioether (sulfide) groups is 1. The van der Waals surface area contributed by atoms with Gasteiger partial charge in [-0.1, -0.05) is 18.7 Å². The fourth-order valence-electron chi connectivity index (χ4n) is 1.13. The normalized spacial score (nSPS) is 30.3. The van der Waals surface area contributed by atoms with Crippen molar-refractivity contribution in [1.29, 1.82) is 0 Å². The second-order valence-electron chi connectivity index (χ2n) is 3.40. The molecule has 2 rings (SSSR count). The molecule has 0 aromatic heterocycles. The highest BCUT2D eigenvalue weighted by molar-refractivity contribution is 8.14. The van der Waals surface area contributed by atoms with Crippen molar-refractivity contribution in [1.82, 2.24) is 5.32 Å². The van der Waals surface area contributed by atoms with Crippen LogP contribution in [0.1, 0.15) is 19.8 Å². The Hall–Kier alpha value is -0.180. The average Bonchev–Trinajstić information content (AvgIpc) is 2.72. The van der Waals surface area contributed by atoms with Crippen LogP contribution < -0.4 is 5.32 Å². The predicted molar refractivity (Wildman–Crippen MR) is 50.1 cm³/mol. The quantitative estimate of drug-likeness (QED) is 0.679. The van der Waals surface area contributed by atoms with Gasteiger partial charge in [0, 0.05) is 11.8 Å². The molecule has 0 amide bonds. The van der Waals surface area contributed by atoms with Gasteiger partial charge in [-0.25, -0.2) is 0 Å². The maximum atomic E-state index is 4.38. The van der Waals surface area contributed by atoms with Crippen molar-refractivity contribution in [3.05, 3.63) is 0 Å². The lowest BCUT2D eigenvalue weighted by atomic mass is 10.4. The van der Waals surface area contributed by atoms with Crippen LogP contribution in [0.2, 0.25) is 0 Å². The molecule has 2 aliphatic rings. The summed E-state index contributed by atoms with van der Waals surface area (Å²) in [6, 6.07) is 0. The lowest BCUT2D eigenvalue weighted by molar-refractivity contribution is 0.777. The highest BCUT2D eigenvalue weighted by Crippen LogP contribution is 2.28. The van der Waals surface area contributed by atoms with E-state index < -0.39 is 0 Å². The molecular weight excluding hydrogens is 156 g/mol. The first-order valence-electron chi connectivity index (χ1n) is 4.29. The van der Waals surface area contributed by atoms with Crippen LogP contribution in [0.15, 0.2) is 4.99 Å². The molecule has 1 unspecified atom stereocenters. The van der Waals surface area contributed by atoms with Gasteiger partial charge in [0.1, 0.15) is 0 Å². The molecular formula is C8H14N2S. The standard InChI is InChI=1S/C8H14N2S/c1-6-4-9-8(11-6)10-5-7-2-3-7/h6-7H,2-5H2,1H3,(H,9,10). The minimum Gasteiger partial charge on any atom is -0.365 e. The zero-order chi connectivity index (χ0) is 7.68. The van der Waals surface area contributed by atoms with Crippen LogP contribution >= 0.6 is 11.8 Å². The minimum atomic E-state index is 0.691. The summed E-state index contributed by atoms with van der Waals surface area (Å²) in [5.41, 5.74) is 0. The van der Waals surface area contributed by atoms with E-state index in [4.69, 9.17) is 0 Å². The molecule has 0 aromatic rings. The van der Waals surface area contributed by atoms with Crippen molar-refractivity contribution in [2.24, 2.45) is 10.9 Å². The molecule has 62 valence electrons. The molecule has 2 nitrogen and oxygen atoms in total. The van der Waals surface area contributed by atoms with E-state index in [9.17, 15) is 0 Å². The Labute approximate surface area is 71.9 Å². The largest absolute Gasteiger partial charge is 0.365 e. The first-order chi connectivity index (χ1) is 5.34. The van der Waals surface area contributed by atoms with Gasteiger partial charge in [0.15, 0.2) is 5.17 Å². The summed E-state index contributed by atoms with van der Waals surface area (Å²) in [6.07, 6.45) is 2.83. The minimum absolute atomic E-state index is 0.691. The predicted octanol–water partition coefficient (Wildman–Crippen LogP) is 1.48. The molecule has 1 N–H and O–H groups in total. The first-order valence-corrected chi connectivity index (χ1v) is 5.17. The van der Waals surface area contributed by atoms with Crippen molar-refractivity contribution >= 4 is 16.9 Å². The fourth-order valence-corrected chi connectivity index (χ4v) is 1.97. The summed E-state index contributed by atoms with van der Waals surface area (Å²) in [4.78, 5) is 4.38. The lowest BCUT2D eigenvalue weighted by Gasteiger charge is -2.03. The average molecular weight is 170 g/mol. The molecule has 0 aromatic carbocycles. The van der Waals surface area contributed by atoms with Crippen LogP contribution in [-0.2, 0) is 0 Å². The summed E-state index contributed by atoms with van der Waals surface area (Å²) in [7, 11) is 0. The number of hydrogen-bond acceptors (Lipinski definition) is 3. The number of rotatable bonds is 2. The highest BCUT2D eigenvalue weighted by Gasteiger charge is 2.22. The molecule has 1 aliphatic heterocycles. The third kappa shape index (κ3) is 2.12. The summed E-state index contributed by atoms with van der Waals surface area (Å²) in [5.74, 6) is 0.953. The van der Waals surface area contributed by atoms with Gasteiger partial charge in [0.05, 0.1) is 6.54 Å². The van der Waals surface area contributed by atoms with Gasteiger partial charge in [0.25, 0.3) is 0 Å². The summed E-state index contributed by atoms with van der Waals surface area (Å²) in [6.45, 7) is 4.37. The van der Waals surface area contributed by atoms with Gasteiger partial charge in [-0.2, -0.15) is 0 Å². The van der Waals surface area contributed by atoms with Gasteiger partial charge >= 0.3 is 0 Å². The van der Waals surface area contributed by atoms with E-state index in [-0.39, 0.29) is 0 Å². The number of aliphatic imine (C=N–C) groups is 1. The Morgan fingerprint density at radius 2 is 2.45 bits per heavy atom. The molecule has 3 heteroatoms. The van der Waals surface area contributed by atoms with Crippen LogP contribution in [0.4, 0.5) is 0 Å². The van der Waals surface area contributed by atoms with Crippen molar-refractivity contribution in [3.63, 3.8) is 0 Å². The van der Waals surface area contributed by atoms with Gasteiger partial charge < -0.3 is 5.32 Å². The molecule has 0 bridgehead atoms. The van der Waals surface area contributed by atoms with E-state index in [0.29, 0.717) is 5.25 Å². The molecule has 1 fully saturated rings. The maximum absolute atomic E-state index is 4.38. The highest BCUT2D eigenvalue weighted by atomic mass is 32.2. The van der Waals surface area contributed by atoms with E-state index >= 15 is 0 Å². The van der Waals surface area contributed by atoms with Crippen LogP contribution in [0.5, 0.6) is 0 Å². The molecule has 0 radical (unpaired) electrons. The molecule has 0 saturated heterocycles. The Balaban J connectivity index is 1.69. The van der Waals surface area contributed by atoms with E-state index in [0.717, 1.165) is 19.0 Å². The molecule has 1 saturated carbocycles. The van der Waals surface area contributed by atoms with Crippen molar-refractivity contribution in [2.75, 3.05) is 13.1 Å². The van der Waals surface area contributed by atoms with Crippen LogP contribution in [0.3, 0.4) is 0 Å². The third-order valence-electron chi connectivity index (χ3n) is 2.04. The molecule has 11 heavy (non-hydrogen) atoms. The number of amidine groups is 1. The monoisotopic (exact) mass is 170 g/mol. The molecule has 1 heterocycles. The summed E-state index contributed by atoms with van der Waals surface area (Å²) < 4.78 is 0. The van der Waals surface area contributed by atoms with E-state index in [1.165, 1.54) is 18.0 Å². The van der Waals surface area contributed by atoms with Gasteiger partial charge in [-0.15, -0.1) is 0 Å². The maximum Gasteiger partial charge on any atom is 0.156 e. The number of hydrogen-bond donors (Lipinski definition) is 1. The van der Waals surface area contributed by atoms with Crippen molar-refractivity contribution in [3.8, 4) is 0 Å². The van der Waals surface area contributed by atoms with E-state index in [1.54, 1.807) is 0 Å². The van der Waals surface area contributed by atoms with Crippen molar-refractivity contribution < 1.29 is 0 Å². The summed E-state index contributed by atoms with van der Waals surface area (Å²) >= 11 is 1.87. The Morgan fingerprint density at radius 1 is 1.64 bits per heavy atom. The zero-order valence-corrected chi connectivity index (χ0v) is 7.66. The molecule has 0 spiro atoms. The smallest absolute Gasteiger partial charge is 0.156 e. The van der Waals surface area contributed by atoms with Crippen LogP contribution in [0.25, 0.3) is 0 Å². The SMILES string of the molecule is CC1CN=C(NCC2CC2)S1. The molecule has 1 atom stereocenters. The Morgan fingerprint density at radius 3 is 3.00 bits per heavy atom. The van der Waals surface area contributed by atoms with E-state index in [1.807, 2.05) is 11.8 Å². The topological polar surface area (TPSA) is 24.4 Å². The third-order valence-corrected chi connectivity index (χ3v) is 3.09. The Kier molecular flexibility index (Phi) is 2.07. The van der Waals surface area contributed by atoms with Crippen LogP contribution in [0, 0.1) is 5.92 Å². The van der Waals surface area contributed by atoms with Gasteiger partial charge in [0.2, 0.25) is 0 Å². The van der Waals surface area contributed by atoms with Gasteiger partial charge in [-0.3, -0.25) is 4.99 Å². The van der Waals surface area contributed by atoms with Crippen molar-refractivity contribution in [2.45, 2.75) is 25.0 Å². The Bertz CT molecular complexity index is 175. The lowest BCUT2D eigenvalue weighted by Crippen LogP contribution is -2.21. The zero-order valence-electron chi connectivity index (χ0n) is 6.84. The summed E-state index contributed by atoms with van der Waals surface area (Å²) in [5, 5.41) is 5.25. The van der Waals surface area contributed by atoms with Crippen LogP contribution in [-0.4, -0.2) is 23.5 Å². The number of nitrogens with zero attached hydrogens (tertiary/aromatic N) is 1. The van der Waals surface area contributed by atoms with Gasteiger partial charge in [-0.05, 0) is 18.8 Å². The fraction of sp³-hybridized carbons (Fsp3) is 0.875. The first kappa shape index (κ1) is 7.47. The second kappa shape index (κ2) is 3.05. The second-order valence-corrected chi connectivity index (χ2v) is 4.83. The molecule has 1 aliphatic carbocycles.